The average molecular weight is 232 g/mol. The van der Waals surface area contributed by atoms with Gasteiger partial charge in [0, 0.05) is 75.3 Å². The van der Waals surface area contributed by atoms with Crippen molar-refractivity contribution in [2.45, 2.75) is 0 Å². The van der Waals surface area contributed by atoms with Crippen molar-refractivity contribution in [3.05, 3.63) is 0 Å². The van der Waals surface area contributed by atoms with E-state index < -0.39 is 0 Å². The van der Waals surface area contributed by atoms with Gasteiger partial charge in [0.25, 0.3) is 0 Å². The third-order valence-corrected chi connectivity index (χ3v) is 0. The van der Waals surface area contributed by atoms with Crippen molar-refractivity contribution >= 4 is 0 Å². The molecule has 0 N–H and O–H groups in total. The minimum Gasteiger partial charge on any atom is 0 e. The van der Waals surface area contributed by atoms with E-state index in [2.05, 4.69) is 0 Å². The van der Waals surface area contributed by atoms with Crippen LogP contribution in [-0.2, 0) is 75.3 Å². The molecule has 24 valence electrons. The Balaban J connectivity index is 0. The predicted molar refractivity (Wildman–Crippen MR) is 0 cm³/mol. The van der Waals surface area contributed by atoms with E-state index in [9.17, 15) is 0 Å². The normalized spacial score (nSPS) is 0. The second kappa shape index (κ2) is 18.2. The zero-order chi connectivity index (χ0) is 0. The summed E-state index contributed by atoms with van der Waals surface area (Å²) in [7, 11) is 0. The molecule has 0 aromatic heterocycles. The summed E-state index contributed by atoms with van der Waals surface area (Å²) >= 11 is 0. The summed E-state index contributed by atoms with van der Waals surface area (Å²) in [5.41, 5.74) is 0. The predicted octanol–water partition coefficient (Wildman–Crippen LogP) is -0.0100. The standard InChI is InChI=1S/Cu.Mn.Ti.Zn. The van der Waals surface area contributed by atoms with E-state index in [0.717, 1.165) is 0 Å². The topological polar surface area (TPSA) is 0 Å². The van der Waals surface area contributed by atoms with Gasteiger partial charge in [-0.15, -0.1) is 0 Å². The van der Waals surface area contributed by atoms with Crippen LogP contribution >= 0.6 is 0 Å². The van der Waals surface area contributed by atoms with Gasteiger partial charge in [0.15, 0.2) is 0 Å². The fourth-order valence-corrected chi connectivity index (χ4v) is 0. The zero-order valence-corrected chi connectivity index (χ0v) is 8.54. The molecule has 0 fully saturated rings. The maximum Gasteiger partial charge on any atom is 0 e. The first-order valence-corrected chi connectivity index (χ1v) is 0. The molecule has 0 atom stereocenters. The number of rotatable bonds is 0. The number of hydrogen-bond acceptors (Lipinski definition) is 0. The van der Waals surface area contributed by atoms with E-state index in [0.29, 0.717) is 0 Å². The third kappa shape index (κ3) is 8.83. The molecule has 2 radical (unpaired) electrons. The first-order valence-electron chi connectivity index (χ1n) is 0. The molecule has 4 heteroatoms. The van der Waals surface area contributed by atoms with Crippen LogP contribution in [0.25, 0.3) is 0 Å². The van der Waals surface area contributed by atoms with Gasteiger partial charge in [-0.05, 0) is 0 Å². The van der Waals surface area contributed by atoms with Crippen LogP contribution < -0.4 is 0 Å². The Morgan fingerprint density at radius 1 is 1.00 bits per heavy atom. The van der Waals surface area contributed by atoms with Crippen molar-refractivity contribution in [3.8, 4) is 0 Å². The summed E-state index contributed by atoms with van der Waals surface area (Å²) in [6, 6.07) is 0. The molecule has 0 rings (SSSR count). The summed E-state index contributed by atoms with van der Waals surface area (Å²) in [4.78, 5) is 0. The van der Waals surface area contributed by atoms with Crippen LogP contribution in [-0.4, -0.2) is 0 Å². The van der Waals surface area contributed by atoms with Gasteiger partial charge < -0.3 is 0 Å². The third-order valence-electron chi connectivity index (χ3n) is 0. The average Bonchev–Trinajstić information content (AvgIpc) is 0. The second-order valence-corrected chi connectivity index (χ2v) is 0. The van der Waals surface area contributed by atoms with Gasteiger partial charge in [-0.3, -0.25) is 0 Å². The van der Waals surface area contributed by atoms with E-state index in [1.165, 1.54) is 0 Å². The smallest absolute Gasteiger partial charge is 0 e. The first kappa shape index (κ1) is 32.6. The summed E-state index contributed by atoms with van der Waals surface area (Å²) in [5, 5.41) is 0. The summed E-state index contributed by atoms with van der Waals surface area (Å²) in [6.07, 6.45) is 0. The largest absolute Gasteiger partial charge is 0 e. The molecule has 0 amide bonds. The minimum absolute atomic E-state index is 0. The van der Waals surface area contributed by atoms with Crippen molar-refractivity contribution in [3.63, 3.8) is 0 Å². The summed E-state index contributed by atoms with van der Waals surface area (Å²) in [6.45, 7) is 0. The Kier molecular flexibility index (Phi) is 149. The van der Waals surface area contributed by atoms with Gasteiger partial charge in [0.1, 0.15) is 0 Å². The van der Waals surface area contributed by atoms with Crippen LogP contribution in [0.3, 0.4) is 0 Å². The monoisotopic (exact) mass is 230 g/mol. The van der Waals surface area contributed by atoms with Crippen molar-refractivity contribution in [2.24, 2.45) is 0 Å². The second-order valence-electron chi connectivity index (χ2n) is 0. The Labute approximate surface area is 74.4 Å². The molecule has 0 aromatic rings. The Morgan fingerprint density at radius 2 is 1.00 bits per heavy atom. The molecule has 4 heavy (non-hydrogen) atoms. The van der Waals surface area contributed by atoms with Crippen LogP contribution in [0.4, 0.5) is 0 Å². The van der Waals surface area contributed by atoms with Crippen LogP contribution in [0.5, 0.6) is 0 Å². The van der Waals surface area contributed by atoms with Crippen LogP contribution in [0.15, 0.2) is 0 Å². The van der Waals surface area contributed by atoms with Gasteiger partial charge in [0.2, 0.25) is 0 Å². The van der Waals surface area contributed by atoms with Gasteiger partial charge in [0.05, 0.1) is 0 Å². The van der Waals surface area contributed by atoms with Crippen molar-refractivity contribution in [1.29, 1.82) is 0 Å². The van der Waals surface area contributed by atoms with E-state index in [1.807, 2.05) is 0 Å². The van der Waals surface area contributed by atoms with Crippen LogP contribution in [0.1, 0.15) is 0 Å². The molecule has 0 aliphatic carbocycles. The molecule has 0 unspecified atom stereocenters. The van der Waals surface area contributed by atoms with Gasteiger partial charge in [-0.1, -0.05) is 0 Å². The summed E-state index contributed by atoms with van der Waals surface area (Å²) in [5.74, 6) is 0. The molecule has 0 bridgehead atoms. The maximum absolute atomic E-state index is 0. The Morgan fingerprint density at radius 3 is 1.00 bits per heavy atom. The molecule has 0 aromatic carbocycles. The summed E-state index contributed by atoms with van der Waals surface area (Å²) < 4.78 is 0. The SMILES string of the molecule is [Cu].[Mn].[Ti].[Zn]. The molecule has 0 aliphatic heterocycles. The molecule has 0 saturated carbocycles. The molecular weight excluding hydrogens is 232 g/mol. The molecule has 0 aliphatic rings. The molecule has 0 spiro atoms. The van der Waals surface area contributed by atoms with Crippen molar-refractivity contribution < 1.29 is 75.3 Å². The quantitative estimate of drug-likeness (QED) is 0.515. The van der Waals surface area contributed by atoms with Crippen LogP contribution in [0, 0.1) is 0 Å². The minimum atomic E-state index is 0. The van der Waals surface area contributed by atoms with Crippen molar-refractivity contribution in [2.75, 3.05) is 0 Å². The maximum atomic E-state index is 0. The first-order chi connectivity index (χ1) is 0. The molecular formula is CuMnTiZn. The van der Waals surface area contributed by atoms with Crippen LogP contribution in [0.2, 0.25) is 0 Å². The Bertz CT molecular complexity index is 8.00. The van der Waals surface area contributed by atoms with E-state index in [4.69, 9.17) is 0 Å². The van der Waals surface area contributed by atoms with Crippen molar-refractivity contribution in [1.82, 2.24) is 0 Å². The molecule has 0 saturated heterocycles. The van der Waals surface area contributed by atoms with E-state index in [-0.39, 0.29) is 75.3 Å². The zero-order valence-electron chi connectivity index (χ0n) is 1.89. The van der Waals surface area contributed by atoms with E-state index in [1.54, 1.807) is 0 Å². The Hall–Kier alpha value is 2.38. The fourth-order valence-electron chi connectivity index (χ4n) is 0. The molecule has 0 nitrogen and oxygen atoms in total. The molecule has 0 heterocycles. The van der Waals surface area contributed by atoms with Gasteiger partial charge >= 0.3 is 0 Å². The van der Waals surface area contributed by atoms with Gasteiger partial charge in [-0.2, -0.15) is 0 Å². The van der Waals surface area contributed by atoms with E-state index >= 15 is 0 Å². The fraction of sp³-hybridized carbons (Fsp3) is 0. The number of hydrogen-bond donors (Lipinski definition) is 0. The van der Waals surface area contributed by atoms with Gasteiger partial charge in [-0.25, -0.2) is 0 Å².